The number of nitrogens with one attached hydrogen (secondary N) is 1. The third-order valence-corrected chi connectivity index (χ3v) is 5.32. The fourth-order valence-electron chi connectivity index (χ4n) is 2.63. The van der Waals surface area contributed by atoms with Gasteiger partial charge in [-0.15, -0.1) is 11.8 Å². The first kappa shape index (κ1) is 17.7. The molecule has 1 aliphatic rings. The largest absolute Gasteiger partial charge is 0.338 e. The lowest BCUT2D eigenvalue weighted by Crippen LogP contribution is -2.42. The predicted molar refractivity (Wildman–Crippen MR) is 94.4 cm³/mol. The molecule has 5 nitrogen and oxygen atoms in total. The Morgan fingerprint density at radius 3 is 2.83 bits per heavy atom. The summed E-state index contributed by atoms with van der Waals surface area (Å²) >= 11 is 1.67. The van der Waals surface area contributed by atoms with Crippen molar-refractivity contribution in [2.45, 2.75) is 31.4 Å². The lowest BCUT2D eigenvalue weighted by molar-refractivity contribution is -0.129. The molecular formula is C17H25N3O2S. The molecule has 2 unspecified atom stereocenters. The summed E-state index contributed by atoms with van der Waals surface area (Å²) in [7, 11) is 1.75. The van der Waals surface area contributed by atoms with Crippen LogP contribution in [0.25, 0.3) is 0 Å². The van der Waals surface area contributed by atoms with E-state index >= 15 is 0 Å². The molecule has 6 heteroatoms. The number of rotatable bonds is 5. The number of urea groups is 1. The minimum Gasteiger partial charge on any atom is -0.338 e. The van der Waals surface area contributed by atoms with E-state index in [0.717, 1.165) is 5.56 Å². The van der Waals surface area contributed by atoms with Crippen molar-refractivity contribution < 1.29 is 9.59 Å². The first-order chi connectivity index (χ1) is 10.9. The normalized spacial score (nSPS) is 20.7. The van der Waals surface area contributed by atoms with Gasteiger partial charge in [-0.25, -0.2) is 4.79 Å². The average Bonchev–Trinajstić information content (AvgIpc) is 2.80. The standard InChI is InChI=1S/C17H25N3O2S/c1-5-18-17(22)19(4)9-10-20-15(21)13(3)23-16(20)14-8-6-7-12(2)11-14/h6-8,11,13,16H,5,9-10H2,1-4H3,(H,18,22). The summed E-state index contributed by atoms with van der Waals surface area (Å²) in [6.07, 6.45) is 0. The van der Waals surface area contributed by atoms with Crippen molar-refractivity contribution in [3.63, 3.8) is 0 Å². The van der Waals surface area contributed by atoms with Gasteiger partial charge in [-0.05, 0) is 26.3 Å². The molecule has 0 aromatic heterocycles. The molecule has 1 saturated heterocycles. The average molecular weight is 335 g/mol. The molecule has 0 saturated carbocycles. The van der Waals surface area contributed by atoms with Crippen molar-refractivity contribution in [3.05, 3.63) is 35.4 Å². The molecule has 1 fully saturated rings. The van der Waals surface area contributed by atoms with Crippen LogP contribution < -0.4 is 5.32 Å². The molecule has 0 spiro atoms. The van der Waals surface area contributed by atoms with Crippen molar-refractivity contribution in [2.75, 3.05) is 26.7 Å². The topological polar surface area (TPSA) is 52.7 Å². The maximum atomic E-state index is 12.5. The number of hydrogen-bond acceptors (Lipinski definition) is 3. The second kappa shape index (κ2) is 7.73. The van der Waals surface area contributed by atoms with E-state index in [2.05, 4.69) is 30.4 Å². The zero-order chi connectivity index (χ0) is 17.0. The van der Waals surface area contributed by atoms with E-state index in [-0.39, 0.29) is 22.6 Å². The van der Waals surface area contributed by atoms with Crippen LogP contribution in [0.4, 0.5) is 4.79 Å². The molecule has 1 N–H and O–H groups in total. The maximum Gasteiger partial charge on any atom is 0.317 e. The summed E-state index contributed by atoms with van der Waals surface area (Å²) in [6.45, 7) is 7.56. The van der Waals surface area contributed by atoms with Crippen molar-refractivity contribution in [2.24, 2.45) is 0 Å². The maximum absolute atomic E-state index is 12.5. The second-order valence-electron chi connectivity index (χ2n) is 5.83. The van der Waals surface area contributed by atoms with Crippen LogP contribution >= 0.6 is 11.8 Å². The van der Waals surface area contributed by atoms with Crippen LogP contribution in [-0.2, 0) is 4.79 Å². The number of thioether (sulfide) groups is 1. The quantitative estimate of drug-likeness (QED) is 0.900. The molecule has 0 radical (unpaired) electrons. The van der Waals surface area contributed by atoms with Gasteiger partial charge in [0.25, 0.3) is 0 Å². The van der Waals surface area contributed by atoms with Crippen molar-refractivity contribution in [1.82, 2.24) is 15.1 Å². The summed E-state index contributed by atoms with van der Waals surface area (Å²) in [5.41, 5.74) is 2.34. The number of nitrogens with zero attached hydrogens (tertiary/aromatic N) is 2. The Kier molecular flexibility index (Phi) is 5.93. The number of aryl methyl sites for hydroxylation is 1. The number of carbonyl (C=O) groups is 2. The van der Waals surface area contributed by atoms with Crippen LogP contribution in [0, 0.1) is 6.92 Å². The molecule has 126 valence electrons. The van der Waals surface area contributed by atoms with Crippen LogP contribution in [-0.4, -0.2) is 53.7 Å². The highest BCUT2D eigenvalue weighted by Gasteiger charge is 2.38. The van der Waals surface area contributed by atoms with Crippen molar-refractivity contribution >= 4 is 23.7 Å². The number of amides is 3. The smallest absolute Gasteiger partial charge is 0.317 e. The van der Waals surface area contributed by atoms with Gasteiger partial charge in [0.15, 0.2) is 0 Å². The van der Waals surface area contributed by atoms with Crippen molar-refractivity contribution in [3.8, 4) is 0 Å². The number of carbonyl (C=O) groups excluding carboxylic acids is 2. The summed E-state index contributed by atoms with van der Waals surface area (Å²) in [6, 6.07) is 8.17. The predicted octanol–water partition coefficient (Wildman–Crippen LogP) is 2.62. The third-order valence-electron chi connectivity index (χ3n) is 3.93. The molecular weight excluding hydrogens is 310 g/mol. The molecule has 3 amide bonds. The van der Waals surface area contributed by atoms with E-state index < -0.39 is 0 Å². The summed E-state index contributed by atoms with van der Waals surface area (Å²) < 4.78 is 0. The summed E-state index contributed by atoms with van der Waals surface area (Å²) in [5.74, 6) is 0.144. The Balaban J connectivity index is 2.07. The monoisotopic (exact) mass is 335 g/mol. The van der Waals surface area contributed by atoms with Crippen LogP contribution in [0.15, 0.2) is 24.3 Å². The van der Waals surface area contributed by atoms with Gasteiger partial charge in [0, 0.05) is 26.7 Å². The third kappa shape index (κ3) is 4.19. The van der Waals surface area contributed by atoms with E-state index in [4.69, 9.17) is 0 Å². The van der Waals surface area contributed by atoms with E-state index in [9.17, 15) is 9.59 Å². The lowest BCUT2D eigenvalue weighted by Gasteiger charge is -2.27. The second-order valence-corrected chi connectivity index (χ2v) is 7.26. The van der Waals surface area contributed by atoms with Gasteiger partial charge < -0.3 is 15.1 Å². The molecule has 1 heterocycles. The molecule has 2 rings (SSSR count). The van der Waals surface area contributed by atoms with E-state index in [1.165, 1.54) is 5.56 Å². The van der Waals surface area contributed by atoms with Gasteiger partial charge in [0.1, 0.15) is 5.37 Å². The number of hydrogen-bond donors (Lipinski definition) is 1. The van der Waals surface area contributed by atoms with E-state index in [1.54, 1.807) is 23.7 Å². The highest BCUT2D eigenvalue weighted by Crippen LogP contribution is 2.42. The molecule has 0 aliphatic carbocycles. The first-order valence-corrected chi connectivity index (χ1v) is 8.89. The number of likely N-dealkylation sites (N-methyl/N-ethyl adjacent to an activating group) is 1. The van der Waals surface area contributed by atoms with Crippen LogP contribution in [0.5, 0.6) is 0 Å². The number of benzene rings is 1. The SMILES string of the molecule is CCNC(=O)N(C)CCN1C(=O)C(C)SC1c1cccc(C)c1. The highest BCUT2D eigenvalue weighted by atomic mass is 32.2. The summed E-state index contributed by atoms with van der Waals surface area (Å²) in [4.78, 5) is 27.8. The zero-order valence-corrected chi connectivity index (χ0v) is 15.0. The molecule has 2 atom stereocenters. The summed E-state index contributed by atoms with van der Waals surface area (Å²) in [5, 5.41) is 2.75. The van der Waals surface area contributed by atoms with E-state index in [0.29, 0.717) is 19.6 Å². The van der Waals surface area contributed by atoms with Gasteiger partial charge in [0.2, 0.25) is 5.91 Å². The van der Waals surface area contributed by atoms with Gasteiger partial charge in [-0.2, -0.15) is 0 Å². The van der Waals surface area contributed by atoms with Gasteiger partial charge in [-0.1, -0.05) is 29.8 Å². The minimum atomic E-state index is -0.105. The van der Waals surface area contributed by atoms with Crippen molar-refractivity contribution in [1.29, 1.82) is 0 Å². The fraction of sp³-hybridized carbons (Fsp3) is 0.529. The fourth-order valence-corrected chi connectivity index (χ4v) is 3.93. The Morgan fingerprint density at radius 2 is 2.17 bits per heavy atom. The molecule has 23 heavy (non-hydrogen) atoms. The first-order valence-electron chi connectivity index (χ1n) is 7.95. The minimum absolute atomic E-state index is 0.0278. The van der Waals surface area contributed by atoms with Gasteiger partial charge in [0.05, 0.1) is 5.25 Å². The van der Waals surface area contributed by atoms with Gasteiger partial charge in [-0.3, -0.25) is 4.79 Å². The van der Waals surface area contributed by atoms with Crippen LogP contribution in [0.1, 0.15) is 30.3 Å². The van der Waals surface area contributed by atoms with E-state index in [1.807, 2.05) is 24.8 Å². The van der Waals surface area contributed by atoms with Crippen LogP contribution in [0.3, 0.4) is 0 Å². The molecule has 1 aliphatic heterocycles. The highest BCUT2D eigenvalue weighted by molar-refractivity contribution is 8.01. The Labute approximate surface area is 142 Å². The zero-order valence-electron chi connectivity index (χ0n) is 14.2. The van der Waals surface area contributed by atoms with Gasteiger partial charge >= 0.3 is 6.03 Å². The molecule has 1 aromatic carbocycles. The Morgan fingerprint density at radius 1 is 1.43 bits per heavy atom. The Hall–Kier alpha value is -1.69. The van der Waals surface area contributed by atoms with Crippen LogP contribution in [0.2, 0.25) is 0 Å². The lowest BCUT2D eigenvalue weighted by atomic mass is 10.1. The Bertz CT molecular complexity index is 579. The molecule has 0 bridgehead atoms. The molecule has 1 aromatic rings.